The molecule has 0 radical (unpaired) electrons. The van der Waals surface area contributed by atoms with Crippen molar-refractivity contribution in [1.29, 1.82) is 0 Å². The number of unbranched alkanes of at least 4 members (excludes halogenated alkanes) is 4. The van der Waals surface area contributed by atoms with Crippen LogP contribution in [0, 0.1) is 0 Å². The molecule has 0 saturated carbocycles. The second-order valence-corrected chi connectivity index (χ2v) is 19.4. The molecular weight excluding hydrogens is 780 g/mol. The molecule has 0 saturated heterocycles. The molecule has 1 aliphatic carbocycles. The number of rotatable bonds is 17. The first kappa shape index (κ1) is 45.8. The summed E-state index contributed by atoms with van der Waals surface area (Å²) >= 11 is 0. The molecule has 304 valence electrons. The van der Waals surface area contributed by atoms with Crippen LogP contribution in [-0.2, 0) is 31.1 Å². The molecule has 0 amide bonds. The van der Waals surface area contributed by atoms with E-state index in [1.807, 2.05) is 30.3 Å². The Bertz CT molecular complexity index is 2330. The quantitative estimate of drug-likeness (QED) is 0.0706. The third kappa shape index (κ3) is 11.1. The van der Waals surface area contributed by atoms with Crippen molar-refractivity contribution in [1.82, 2.24) is 0 Å². The number of ether oxygens (including phenoxy) is 1. The molecule has 12 heteroatoms. The molecule has 0 fully saturated rings. The zero-order valence-corrected chi connectivity index (χ0v) is 38.2. The van der Waals surface area contributed by atoms with Crippen LogP contribution in [0.25, 0.3) is 0 Å². The summed E-state index contributed by atoms with van der Waals surface area (Å²) in [5, 5.41) is 0. The van der Waals surface area contributed by atoms with E-state index in [4.69, 9.17) is 4.74 Å². The van der Waals surface area contributed by atoms with Crippen LogP contribution < -0.4 is 39.2 Å². The van der Waals surface area contributed by atoms with E-state index in [0.29, 0.717) is 32.2 Å². The van der Waals surface area contributed by atoms with Crippen LogP contribution >= 0.6 is 0 Å². The molecule has 58 heavy (non-hydrogen) atoms. The van der Waals surface area contributed by atoms with Gasteiger partial charge in [-0.15, -0.1) is 0 Å². The maximum absolute atomic E-state index is 11.3. The summed E-state index contributed by atoms with van der Waals surface area (Å²) in [5.41, 5.74) is 8.78. The van der Waals surface area contributed by atoms with Gasteiger partial charge in [-0.2, -0.15) is 13.0 Å². The first-order valence-electron chi connectivity index (χ1n) is 20.1. The maximum atomic E-state index is 11.3. The van der Waals surface area contributed by atoms with Crippen LogP contribution in [0.3, 0.4) is 0 Å². The molecular formula is C46H56N2NaO7S2+. The van der Waals surface area contributed by atoms with Crippen molar-refractivity contribution in [3.63, 3.8) is 0 Å². The Morgan fingerprint density at radius 3 is 2.14 bits per heavy atom. The number of benzene rings is 3. The van der Waals surface area contributed by atoms with Gasteiger partial charge in [0, 0.05) is 53.2 Å². The van der Waals surface area contributed by atoms with Crippen molar-refractivity contribution < 1.29 is 64.8 Å². The maximum Gasteiger partial charge on any atom is 1.00 e. The fourth-order valence-electron chi connectivity index (χ4n) is 8.54. The van der Waals surface area contributed by atoms with E-state index in [-0.39, 0.29) is 51.9 Å². The summed E-state index contributed by atoms with van der Waals surface area (Å²) in [5.74, 6) is 1.06. The molecule has 2 heterocycles. The third-order valence-corrected chi connectivity index (χ3v) is 13.1. The normalized spacial score (nSPS) is 18.9. The number of nitrogens with zero attached hydrogens (tertiary/aromatic N) is 2. The predicted octanol–water partition coefficient (Wildman–Crippen LogP) is 6.52. The zero-order chi connectivity index (χ0) is 40.8. The van der Waals surface area contributed by atoms with Gasteiger partial charge in [0.2, 0.25) is 5.69 Å². The third-order valence-electron chi connectivity index (χ3n) is 11.5. The van der Waals surface area contributed by atoms with E-state index in [9.17, 15) is 25.9 Å². The van der Waals surface area contributed by atoms with Gasteiger partial charge in [0.25, 0.3) is 10.1 Å². The van der Waals surface area contributed by atoms with Crippen LogP contribution in [0.15, 0.2) is 126 Å². The molecule has 6 rings (SSSR count). The van der Waals surface area contributed by atoms with Crippen molar-refractivity contribution in [2.24, 2.45) is 0 Å². The first-order valence-corrected chi connectivity index (χ1v) is 23.3. The SMILES string of the molecule is CC1(C)C(=CC=C2CCCC(C=CC3=[N+](CCCCCS(=O)(=O)[O-])c4ccccc4C3(C)C)=C2Oc2ccccc2)N(CCCCCS(=O)(=O)O)c2ccccc21.[Na+]. The van der Waals surface area contributed by atoms with Crippen LogP contribution in [0.4, 0.5) is 11.4 Å². The van der Waals surface area contributed by atoms with Gasteiger partial charge in [0.05, 0.1) is 21.3 Å². The molecule has 2 aliphatic heterocycles. The van der Waals surface area contributed by atoms with Gasteiger partial charge in [-0.1, -0.05) is 80.9 Å². The van der Waals surface area contributed by atoms with E-state index in [1.54, 1.807) is 0 Å². The average molecular weight is 836 g/mol. The van der Waals surface area contributed by atoms with E-state index in [1.165, 1.54) is 11.1 Å². The Morgan fingerprint density at radius 1 is 0.759 bits per heavy atom. The van der Waals surface area contributed by atoms with Crippen LogP contribution in [0.1, 0.15) is 96.6 Å². The molecule has 0 bridgehead atoms. The summed E-state index contributed by atoms with van der Waals surface area (Å²) in [6, 6.07) is 26.8. The van der Waals surface area contributed by atoms with Gasteiger partial charge < -0.3 is 14.2 Å². The Hall–Kier alpha value is -3.29. The van der Waals surface area contributed by atoms with E-state index in [2.05, 4.69) is 110 Å². The van der Waals surface area contributed by atoms with E-state index >= 15 is 0 Å². The second-order valence-electron chi connectivity index (χ2n) is 16.3. The fraction of sp³-hybridized carbons (Fsp3) is 0.413. The molecule has 1 N–H and O–H groups in total. The van der Waals surface area contributed by atoms with Crippen molar-refractivity contribution in [2.75, 3.05) is 29.5 Å². The van der Waals surface area contributed by atoms with Crippen molar-refractivity contribution in [3.05, 3.63) is 137 Å². The molecule has 0 unspecified atom stereocenters. The van der Waals surface area contributed by atoms with Crippen LogP contribution in [0.2, 0.25) is 0 Å². The molecule has 0 aromatic heterocycles. The van der Waals surface area contributed by atoms with E-state index < -0.39 is 20.2 Å². The molecule has 0 atom stereocenters. The summed E-state index contributed by atoms with van der Waals surface area (Å²) < 4.78 is 74.6. The number of hydrogen-bond acceptors (Lipinski definition) is 7. The average Bonchev–Trinajstić information content (AvgIpc) is 3.51. The van der Waals surface area contributed by atoms with Gasteiger partial charge in [-0.25, -0.2) is 8.42 Å². The molecule has 0 spiro atoms. The standard InChI is InChI=1S/C46H56N2O7S2.Na/c1-45(2)38-23-10-12-25-40(38)47(31-14-6-16-33-56(49,50)51)42(45)29-27-35-19-18-20-36(44(35)55-37-21-8-5-9-22-37)28-30-43-46(3,4)39-24-11-13-26-41(39)48(43)32-15-7-17-34-57(52,53)54;/h5,8-13,21-30H,6-7,14-20,31-34H2,1-4H3,(H-,49,50,51,52,53,54);/q;+1. The van der Waals surface area contributed by atoms with Gasteiger partial charge in [0.15, 0.2) is 5.71 Å². The number of allylic oxidation sites excluding steroid dienone is 7. The number of anilines is 1. The Labute approximate surface area is 368 Å². The summed E-state index contributed by atoms with van der Waals surface area (Å²) in [7, 11) is -8.21. The van der Waals surface area contributed by atoms with Crippen LogP contribution in [-0.4, -0.2) is 60.8 Å². The minimum Gasteiger partial charge on any atom is -0.748 e. The van der Waals surface area contributed by atoms with Crippen LogP contribution in [0.5, 0.6) is 5.75 Å². The van der Waals surface area contributed by atoms with Gasteiger partial charge >= 0.3 is 29.6 Å². The second kappa shape index (κ2) is 19.4. The Morgan fingerprint density at radius 2 is 1.41 bits per heavy atom. The fourth-order valence-corrected chi connectivity index (χ4v) is 9.66. The first-order chi connectivity index (χ1) is 27.1. The molecule has 3 aliphatic rings. The minimum absolute atomic E-state index is 0. The number of fused-ring (bicyclic) bond motifs is 2. The van der Waals surface area contributed by atoms with Gasteiger partial charge in [-0.05, 0) is 106 Å². The largest absolute Gasteiger partial charge is 1.00 e. The Kier molecular flexibility index (Phi) is 15.3. The minimum atomic E-state index is -4.23. The number of para-hydroxylation sites is 3. The molecule has 3 aromatic rings. The van der Waals surface area contributed by atoms with Gasteiger partial charge in [0.1, 0.15) is 18.1 Å². The monoisotopic (exact) mass is 835 g/mol. The van der Waals surface area contributed by atoms with Crippen molar-refractivity contribution >= 4 is 37.3 Å². The Balaban J connectivity index is 0.00000641. The van der Waals surface area contributed by atoms with Crippen molar-refractivity contribution in [2.45, 2.75) is 96.3 Å². The van der Waals surface area contributed by atoms with Gasteiger partial charge in [-0.3, -0.25) is 4.55 Å². The predicted molar refractivity (Wildman–Crippen MR) is 228 cm³/mol. The molecule has 3 aromatic carbocycles. The number of hydrogen-bond donors (Lipinski definition) is 1. The topological polar surface area (TPSA) is 127 Å². The summed E-state index contributed by atoms with van der Waals surface area (Å²) in [6.07, 6.45) is 15.2. The smallest absolute Gasteiger partial charge is 0.748 e. The summed E-state index contributed by atoms with van der Waals surface area (Å²) in [6.45, 7) is 10.4. The summed E-state index contributed by atoms with van der Waals surface area (Å²) in [4.78, 5) is 2.36. The zero-order valence-electron chi connectivity index (χ0n) is 34.6. The van der Waals surface area contributed by atoms with Crippen molar-refractivity contribution in [3.8, 4) is 5.75 Å². The van der Waals surface area contributed by atoms with E-state index in [0.717, 1.165) is 84.1 Å². The molecule has 9 nitrogen and oxygen atoms in total.